The number of carboxylic acids is 1. The van der Waals surface area contributed by atoms with E-state index >= 15 is 0 Å². The lowest BCUT2D eigenvalue weighted by atomic mass is 10.1. The van der Waals surface area contributed by atoms with Crippen molar-refractivity contribution in [2.24, 2.45) is 0 Å². The Labute approximate surface area is 140 Å². The molecule has 116 valence electrons. The van der Waals surface area contributed by atoms with Crippen molar-refractivity contribution in [1.29, 1.82) is 0 Å². The maximum absolute atomic E-state index is 12.6. The lowest BCUT2D eigenvalue weighted by Crippen LogP contribution is -2.24. The van der Waals surface area contributed by atoms with Crippen molar-refractivity contribution in [3.05, 3.63) is 68.5 Å². The number of hydrogen-bond acceptors (Lipinski definition) is 3. The topological polar surface area (TPSA) is 72.2 Å². The Morgan fingerprint density at radius 1 is 1.30 bits per heavy atom. The number of rotatable bonds is 3. The molecule has 3 aromatic rings. The Morgan fingerprint density at radius 3 is 2.74 bits per heavy atom. The molecule has 2 aromatic heterocycles. The van der Waals surface area contributed by atoms with Gasteiger partial charge < -0.3 is 5.11 Å². The van der Waals surface area contributed by atoms with Gasteiger partial charge in [0, 0.05) is 22.1 Å². The predicted octanol–water partition coefficient (Wildman–Crippen LogP) is 3.41. The summed E-state index contributed by atoms with van der Waals surface area (Å²) in [6, 6.07) is 10.7. The number of pyridine rings is 2. The molecule has 0 fully saturated rings. The zero-order valence-corrected chi connectivity index (χ0v) is 13.9. The van der Waals surface area contributed by atoms with Gasteiger partial charge in [-0.25, -0.2) is 9.78 Å². The summed E-state index contributed by atoms with van der Waals surface area (Å²) in [6.45, 7) is 1.82. The molecule has 6 heteroatoms. The second-order valence-electron chi connectivity index (χ2n) is 5.00. The largest absolute Gasteiger partial charge is 0.477 e. The minimum absolute atomic E-state index is 0.201. The van der Waals surface area contributed by atoms with Crippen molar-refractivity contribution >= 4 is 32.9 Å². The number of halogens is 1. The lowest BCUT2D eigenvalue weighted by molar-refractivity contribution is 0.0693. The van der Waals surface area contributed by atoms with Gasteiger partial charge in [0.25, 0.3) is 0 Å². The molecule has 0 spiro atoms. The van der Waals surface area contributed by atoms with E-state index in [1.807, 2.05) is 31.2 Å². The molecule has 0 radical (unpaired) electrons. The van der Waals surface area contributed by atoms with E-state index in [0.717, 1.165) is 10.2 Å². The number of nitrogens with zero attached hydrogens (tertiary/aromatic N) is 2. The predicted molar refractivity (Wildman–Crippen MR) is 91.4 cm³/mol. The Kier molecular flexibility index (Phi) is 4.00. The first-order chi connectivity index (χ1) is 11.0. The molecule has 0 unspecified atom stereocenters. The van der Waals surface area contributed by atoms with Gasteiger partial charge in [0.05, 0.1) is 5.39 Å². The zero-order chi connectivity index (χ0) is 16.6. The van der Waals surface area contributed by atoms with Crippen LogP contribution >= 0.6 is 15.9 Å². The second kappa shape index (κ2) is 5.96. The first-order valence-corrected chi connectivity index (χ1v) is 7.85. The molecule has 0 atom stereocenters. The number of aromatic nitrogens is 2. The van der Waals surface area contributed by atoms with E-state index in [1.165, 1.54) is 0 Å². The fraction of sp³-hybridized carbons (Fsp3) is 0.118. The first-order valence-electron chi connectivity index (χ1n) is 7.06. The van der Waals surface area contributed by atoms with Gasteiger partial charge >= 0.3 is 5.97 Å². The quantitative estimate of drug-likeness (QED) is 0.764. The van der Waals surface area contributed by atoms with Crippen molar-refractivity contribution in [3.63, 3.8) is 0 Å². The Hall–Kier alpha value is -2.47. The van der Waals surface area contributed by atoms with E-state index in [9.17, 15) is 14.7 Å². The summed E-state index contributed by atoms with van der Waals surface area (Å²) in [4.78, 5) is 28.5. The van der Waals surface area contributed by atoms with Gasteiger partial charge in [-0.2, -0.15) is 0 Å². The minimum Gasteiger partial charge on any atom is -0.477 e. The second-order valence-corrected chi connectivity index (χ2v) is 5.92. The van der Waals surface area contributed by atoms with Crippen molar-refractivity contribution in [3.8, 4) is 5.69 Å². The average molecular weight is 373 g/mol. The summed E-state index contributed by atoms with van der Waals surface area (Å²) in [6.07, 6.45) is 1.99. The molecule has 3 rings (SSSR count). The Bertz CT molecular complexity index is 979. The van der Waals surface area contributed by atoms with Gasteiger partial charge in [-0.05, 0) is 36.8 Å². The van der Waals surface area contributed by atoms with Crippen molar-refractivity contribution < 1.29 is 9.90 Å². The van der Waals surface area contributed by atoms with Crippen LogP contribution in [0.5, 0.6) is 0 Å². The first kappa shape index (κ1) is 15.4. The molecule has 1 aromatic carbocycles. The molecule has 0 saturated heterocycles. The summed E-state index contributed by atoms with van der Waals surface area (Å²) < 4.78 is 2.60. The molecule has 1 N–H and O–H groups in total. The standard InChI is InChI=1S/C17H13BrN2O3/c1-2-13-14(17(22)23)15(21)12-7-4-8-19-16(12)20(13)11-6-3-5-10(18)9-11/h3-9H,2H2,1H3,(H,22,23). The van der Waals surface area contributed by atoms with Crippen LogP contribution in [0.3, 0.4) is 0 Å². The van der Waals surface area contributed by atoms with E-state index in [0.29, 0.717) is 23.1 Å². The maximum Gasteiger partial charge on any atom is 0.341 e. The highest BCUT2D eigenvalue weighted by molar-refractivity contribution is 9.10. The highest BCUT2D eigenvalue weighted by Crippen LogP contribution is 2.23. The summed E-state index contributed by atoms with van der Waals surface area (Å²) in [5.74, 6) is -1.22. The molecular weight excluding hydrogens is 360 g/mol. The van der Waals surface area contributed by atoms with E-state index in [1.54, 1.807) is 22.9 Å². The molecule has 0 saturated carbocycles. The van der Waals surface area contributed by atoms with Crippen molar-refractivity contribution in [2.75, 3.05) is 0 Å². The van der Waals surface area contributed by atoms with Crippen LogP contribution in [0, 0.1) is 0 Å². The van der Waals surface area contributed by atoms with Crippen LogP contribution in [-0.2, 0) is 6.42 Å². The summed E-state index contributed by atoms with van der Waals surface area (Å²) >= 11 is 3.42. The minimum atomic E-state index is -1.22. The van der Waals surface area contributed by atoms with E-state index in [4.69, 9.17) is 0 Å². The fourth-order valence-corrected chi connectivity index (χ4v) is 3.09. The smallest absolute Gasteiger partial charge is 0.341 e. The van der Waals surface area contributed by atoms with Crippen LogP contribution in [0.15, 0.2) is 51.9 Å². The Morgan fingerprint density at radius 2 is 2.09 bits per heavy atom. The summed E-state index contributed by atoms with van der Waals surface area (Å²) in [7, 11) is 0. The van der Waals surface area contributed by atoms with Gasteiger partial charge in [-0.3, -0.25) is 9.36 Å². The summed E-state index contributed by atoms with van der Waals surface area (Å²) in [5, 5.41) is 9.81. The number of benzene rings is 1. The van der Waals surface area contributed by atoms with E-state index in [2.05, 4.69) is 20.9 Å². The number of carbonyl (C=O) groups is 1. The van der Waals surface area contributed by atoms with Gasteiger partial charge in [0.15, 0.2) is 0 Å². The van der Waals surface area contributed by atoms with E-state index in [-0.39, 0.29) is 5.56 Å². The van der Waals surface area contributed by atoms with Gasteiger partial charge in [-0.15, -0.1) is 0 Å². The van der Waals surface area contributed by atoms with Gasteiger partial charge in [-0.1, -0.05) is 28.9 Å². The van der Waals surface area contributed by atoms with Crippen LogP contribution in [0.2, 0.25) is 0 Å². The fourth-order valence-electron chi connectivity index (χ4n) is 2.71. The monoisotopic (exact) mass is 372 g/mol. The third-order valence-electron chi connectivity index (χ3n) is 3.64. The molecule has 2 heterocycles. The van der Waals surface area contributed by atoms with E-state index < -0.39 is 11.4 Å². The van der Waals surface area contributed by atoms with Crippen LogP contribution in [0.25, 0.3) is 16.7 Å². The molecule has 5 nitrogen and oxygen atoms in total. The molecule has 0 aliphatic rings. The van der Waals surface area contributed by atoms with Crippen LogP contribution in [0.4, 0.5) is 0 Å². The molecular formula is C17H13BrN2O3. The van der Waals surface area contributed by atoms with Crippen molar-refractivity contribution in [1.82, 2.24) is 9.55 Å². The van der Waals surface area contributed by atoms with Gasteiger partial charge in [0.1, 0.15) is 11.2 Å². The van der Waals surface area contributed by atoms with Crippen LogP contribution in [0.1, 0.15) is 23.0 Å². The SMILES string of the molecule is CCc1c(C(=O)O)c(=O)c2cccnc2n1-c1cccc(Br)c1. The Balaban J connectivity index is 2.56. The third-order valence-corrected chi connectivity index (χ3v) is 4.14. The number of hydrogen-bond donors (Lipinski definition) is 1. The number of aromatic carboxylic acids is 1. The van der Waals surface area contributed by atoms with Crippen LogP contribution < -0.4 is 5.43 Å². The van der Waals surface area contributed by atoms with Crippen LogP contribution in [-0.4, -0.2) is 20.6 Å². The average Bonchev–Trinajstić information content (AvgIpc) is 2.54. The molecule has 0 amide bonds. The number of fused-ring (bicyclic) bond motifs is 1. The third kappa shape index (κ3) is 2.55. The normalized spacial score (nSPS) is 10.9. The highest BCUT2D eigenvalue weighted by Gasteiger charge is 2.22. The number of carboxylic acid groups (broad SMARTS) is 1. The van der Waals surface area contributed by atoms with Crippen molar-refractivity contribution in [2.45, 2.75) is 13.3 Å². The molecule has 23 heavy (non-hydrogen) atoms. The molecule has 0 bridgehead atoms. The highest BCUT2D eigenvalue weighted by atomic mass is 79.9. The van der Waals surface area contributed by atoms with Gasteiger partial charge in [0.2, 0.25) is 5.43 Å². The maximum atomic E-state index is 12.6. The lowest BCUT2D eigenvalue weighted by Gasteiger charge is -2.17. The molecule has 0 aliphatic carbocycles. The zero-order valence-electron chi connectivity index (χ0n) is 12.3. The molecule has 0 aliphatic heterocycles. The summed E-state index contributed by atoms with van der Waals surface area (Å²) in [5.41, 5.74) is 0.948.